The molecule has 1 amide bonds. The van der Waals surface area contributed by atoms with E-state index in [9.17, 15) is 4.79 Å². The van der Waals surface area contributed by atoms with Crippen LogP contribution in [0.15, 0.2) is 54.6 Å². The normalized spacial score (nSPS) is 11.9. The number of carbonyl (C=O) groups is 1. The second-order valence-corrected chi connectivity index (χ2v) is 6.61. The summed E-state index contributed by atoms with van der Waals surface area (Å²) in [6.07, 6.45) is 1.39. The zero-order chi connectivity index (χ0) is 21.8. The Balaban J connectivity index is 2.12. The van der Waals surface area contributed by atoms with Crippen LogP contribution in [0.1, 0.15) is 33.1 Å². The fourth-order valence-electron chi connectivity index (χ4n) is 2.74. The maximum Gasteiger partial charge on any atom is 0.444 e. The zero-order valence-electron chi connectivity index (χ0n) is 18.1. The highest BCUT2D eigenvalue weighted by Gasteiger charge is 2.23. The maximum atomic E-state index is 12.9. The van der Waals surface area contributed by atoms with E-state index in [1.807, 2.05) is 25.1 Å². The molecule has 2 rings (SSSR count). The minimum absolute atomic E-state index is 0.0857. The summed E-state index contributed by atoms with van der Waals surface area (Å²) in [7, 11) is 3.08. The molecule has 0 aliphatic carbocycles. The Morgan fingerprint density at radius 2 is 1.67 bits per heavy atom. The molecule has 2 aromatic carbocycles. The number of carbonyl (C=O) groups excluding carboxylic acids is 1. The van der Waals surface area contributed by atoms with Crippen LogP contribution in [-0.4, -0.2) is 39.3 Å². The topological polar surface area (TPSA) is 66.5 Å². The van der Waals surface area contributed by atoms with Gasteiger partial charge in [-0.15, -0.1) is 0 Å². The van der Waals surface area contributed by atoms with E-state index in [1.165, 1.54) is 19.3 Å². The quantitative estimate of drug-likeness (QED) is 0.349. The lowest BCUT2D eigenvalue weighted by Crippen LogP contribution is -2.37. The summed E-state index contributed by atoms with van der Waals surface area (Å²) in [5.41, 5.74) is 0.604. The molecule has 0 saturated carbocycles. The molecule has 30 heavy (non-hydrogen) atoms. The van der Waals surface area contributed by atoms with Crippen molar-refractivity contribution in [3.05, 3.63) is 54.6 Å². The first-order valence-corrected chi connectivity index (χ1v) is 10.1. The SMILES string of the molecule is CCCC(CC)ON(C(=O)Oc1cccc(OCC(OC)OC)c1)c1ccccc1. The van der Waals surface area contributed by atoms with E-state index in [0.29, 0.717) is 17.2 Å². The van der Waals surface area contributed by atoms with E-state index in [1.54, 1.807) is 36.4 Å². The van der Waals surface area contributed by atoms with Crippen molar-refractivity contribution in [2.75, 3.05) is 25.9 Å². The smallest absolute Gasteiger partial charge is 0.444 e. The molecule has 7 heteroatoms. The summed E-state index contributed by atoms with van der Waals surface area (Å²) >= 11 is 0. The Kier molecular flexibility index (Phi) is 10.1. The third kappa shape index (κ3) is 7.33. The Bertz CT molecular complexity index is 750. The van der Waals surface area contributed by atoms with Crippen LogP contribution in [0.3, 0.4) is 0 Å². The van der Waals surface area contributed by atoms with Gasteiger partial charge in [-0.05, 0) is 37.1 Å². The van der Waals surface area contributed by atoms with Crippen LogP contribution in [0.2, 0.25) is 0 Å². The van der Waals surface area contributed by atoms with Crippen LogP contribution in [0.25, 0.3) is 0 Å². The Morgan fingerprint density at radius 1 is 0.967 bits per heavy atom. The van der Waals surface area contributed by atoms with Crippen LogP contribution in [-0.2, 0) is 14.3 Å². The van der Waals surface area contributed by atoms with E-state index in [2.05, 4.69) is 6.92 Å². The van der Waals surface area contributed by atoms with Gasteiger partial charge in [0.15, 0.2) is 6.29 Å². The first-order valence-electron chi connectivity index (χ1n) is 10.1. The molecule has 0 radical (unpaired) electrons. The molecular weight excluding hydrogens is 386 g/mol. The highest BCUT2D eigenvalue weighted by atomic mass is 16.7. The van der Waals surface area contributed by atoms with Crippen LogP contribution in [0.4, 0.5) is 10.5 Å². The summed E-state index contributed by atoms with van der Waals surface area (Å²) in [5, 5.41) is 1.21. The van der Waals surface area contributed by atoms with Gasteiger partial charge >= 0.3 is 6.09 Å². The standard InChI is InChI=1S/C23H31NO6/c1-5-11-19(6-2)30-24(18-12-8-7-9-13-18)23(25)29-21-15-10-14-20(16-21)28-17-22(26-3)27-4/h7-10,12-16,19,22H,5-6,11,17H2,1-4H3. The third-order valence-corrected chi connectivity index (χ3v) is 4.40. The summed E-state index contributed by atoms with van der Waals surface area (Å²) in [4.78, 5) is 18.9. The molecule has 1 atom stereocenters. The van der Waals surface area contributed by atoms with Gasteiger partial charge in [0.2, 0.25) is 0 Å². The van der Waals surface area contributed by atoms with Gasteiger partial charge in [0.05, 0.1) is 11.8 Å². The van der Waals surface area contributed by atoms with Crippen LogP contribution >= 0.6 is 0 Å². The monoisotopic (exact) mass is 417 g/mol. The van der Waals surface area contributed by atoms with Gasteiger partial charge < -0.3 is 18.9 Å². The number of hydrogen-bond acceptors (Lipinski definition) is 6. The largest absolute Gasteiger partial charge is 0.488 e. The predicted molar refractivity (Wildman–Crippen MR) is 115 cm³/mol. The van der Waals surface area contributed by atoms with Crippen LogP contribution in [0, 0.1) is 0 Å². The molecule has 0 fully saturated rings. The number of benzene rings is 2. The van der Waals surface area contributed by atoms with E-state index < -0.39 is 12.4 Å². The Labute approximate surface area is 178 Å². The first kappa shape index (κ1) is 23.7. The third-order valence-electron chi connectivity index (χ3n) is 4.40. The highest BCUT2D eigenvalue weighted by Crippen LogP contribution is 2.23. The van der Waals surface area contributed by atoms with Gasteiger partial charge in [-0.25, -0.2) is 4.79 Å². The number of para-hydroxylation sites is 1. The lowest BCUT2D eigenvalue weighted by molar-refractivity contribution is -0.121. The van der Waals surface area contributed by atoms with Crippen LogP contribution in [0.5, 0.6) is 11.5 Å². The van der Waals surface area contributed by atoms with Crippen molar-refractivity contribution in [1.29, 1.82) is 0 Å². The predicted octanol–water partition coefficient (Wildman–Crippen LogP) is 5.20. The van der Waals surface area contributed by atoms with E-state index in [0.717, 1.165) is 19.3 Å². The second kappa shape index (κ2) is 12.8. The van der Waals surface area contributed by atoms with Crippen molar-refractivity contribution in [3.8, 4) is 11.5 Å². The van der Waals surface area contributed by atoms with Gasteiger partial charge in [-0.1, -0.05) is 44.5 Å². The summed E-state index contributed by atoms with van der Waals surface area (Å²) in [6, 6.07) is 16.0. The fraction of sp³-hybridized carbons (Fsp3) is 0.435. The molecule has 0 saturated heterocycles. The summed E-state index contributed by atoms with van der Waals surface area (Å²) in [6.45, 7) is 4.32. The van der Waals surface area contributed by atoms with Gasteiger partial charge in [-0.2, -0.15) is 5.06 Å². The highest BCUT2D eigenvalue weighted by molar-refractivity contribution is 5.87. The number of rotatable bonds is 12. The molecule has 7 nitrogen and oxygen atoms in total. The molecule has 0 bridgehead atoms. The average Bonchev–Trinajstić information content (AvgIpc) is 2.78. The molecule has 164 valence electrons. The number of ether oxygens (including phenoxy) is 4. The lowest BCUT2D eigenvalue weighted by Gasteiger charge is -2.26. The van der Waals surface area contributed by atoms with E-state index in [4.69, 9.17) is 23.8 Å². The number of anilines is 1. The molecule has 0 aromatic heterocycles. The fourth-order valence-corrected chi connectivity index (χ4v) is 2.74. The van der Waals surface area contributed by atoms with Gasteiger partial charge in [0, 0.05) is 20.3 Å². The Morgan fingerprint density at radius 3 is 2.30 bits per heavy atom. The number of amides is 1. The molecular formula is C23H31NO6. The van der Waals surface area contributed by atoms with Crippen molar-refractivity contribution in [1.82, 2.24) is 0 Å². The molecule has 0 heterocycles. The molecule has 0 aliphatic rings. The van der Waals surface area contributed by atoms with Gasteiger partial charge in [-0.3, -0.25) is 4.84 Å². The van der Waals surface area contributed by atoms with Crippen molar-refractivity contribution < 1.29 is 28.6 Å². The number of nitrogens with zero attached hydrogens (tertiary/aromatic N) is 1. The van der Waals surface area contributed by atoms with Crippen molar-refractivity contribution in [2.45, 2.75) is 45.5 Å². The molecule has 0 N–H and O–H groups in total. The van der Waals surface area contributed by atoms with Crippen molar-refractivity contribution in [2.24, 2.45) is 0 Å². The van der Waals surface area contributed by atoms with E-state index in [-0.39, 0.29) is 12.7 Å². The van der Waals surface area contributed by atoms with Crippen LogP contribution < -0.4 is 14.5 Å². The van der Waals surface area contributed by atoms with Crippen molar-refractivity contribution in [3.63, 3.8) is 0 Å². The molecule has 1 unspecified atom stereocenters. The second-order valence-electron chi connectivity index (χ2n) is 6.61. The number of methoxy groups -OCH3 is 2. The van der Waals surface area contributed by atoms with Gasteiger partial charge in [0.25, 0.3) is 0 Å². The lowest BCUT2D eigenvalue weighted by atomic mass is 10.2. The summed E-state index contributed by atoms with van der Waals surface area (Å²) < 4.78 is 21.4. The Hall–Kier alpha value is -2.61. The summed E-state index contributed by atoms with van der Waals surface area (Å²) in [5.74, 6) is 0.876. The number of hydroxylamine groups is 1. The first-order chi connectivity index (χ1) is 14.6. The molecule has 0 aliphatic heterocycles. The minimum Gasteiger partial charge on any atom is -0.488 e. The van der Waals surface area contributed by atoms with Gasteiger partial charge in [0.1, 0.15) is 18.1 Å². The zero-order valence-corrected chi connectivity index (χ0v) is 18.1. The molecule has 2 aromatic rings. The minimum atomic E-state index is -0.625. The number of hydrogen-bond donors (Lipinski definition) is 0. The van der Waals surface area contributed by atoms with Crippen molar-refractivity contribution >= 4 is 11.8 Å². The molecule has 0 spiro atoms. The maximum absolute atomic E-state index is 12.9. The average molecular weight is 418 g/mol. The van der Waals surface area contributed by atoms with E-state index >= 15 is 0 Å².